The average Bonchev–Trinajstić information content (AvgIpc) is 2.97. The molecule has 0 heterocycles. The topological polar surface area (TPSA) is 117 Å². The third-order valence-electron chi connectivity index (χ3n) is 5.46. The van der Waals surface area contributed by atoms with Gasteiger partial charge in [0.1, 0.15) is 12.3 Å². The van der Waals surface area contributed by atoms with Crippen LogP contribution in [0.3, 0.4) is 0 Å². The minimum Gasteiger partial charge on any atom is -0.484 e. The van der Waals surface area contributed by atoms with Gasteiger partial charge in [0.05, 0.1) is 27.5 Å². The predicted molar refractivity (Wildman–Crippen MR) is 155 cm³/mol. The van der Waals surface area contributed by atoms with Gasteiger partial charge >= 0.3 is 0 Å². The molecule has 0 unspecified atom stereocenters. The molecule has 0 aliphatic rings. The Labute approximate surface area is 237 Å². The number of ether oxygens (including phenoxy) is 1. The number of hydrazone groups is 1. The van der Waals surface area contributed by atoms with Crippen LogP contribution in [0.4, 0.5) is 11.4 Å². The smallest absolute Gasteiger partial charge is 0.264 e. The largest absolute Gasteiger partial charge is 0.484 e. The van der Waals surface area contributed by atoms with E-state index < -0.39 is 22.5 Å². The molecule has 9 nitrogen and oxygen atoms in total. The molecule has 4 aromatic carbocycles. The molecule has 0 atom stereocenters. The van der Waals surface area contributed by atoms with Crippen molar-refractivity contribution in [2.24, 2.45) is 5.10 Å². The summed E-state index contributed by atoms with van der Waals surface area (Å²) in [5.74, 6) is -0.524. The molecule has 4 aromatic rings. The zero-order valence-corrected chi connectivity index (χ0v) is 22.7. The number of halogens is 1. The summed E-state index contributed by atoms with van der Waals surface area (Å²) < 4.78 is 33.1. The van der Waals surface area contributed by atoms with Crippen molar-refractivity contribution in [3.8, 4) is 5.75 Å². The fourth-order valence-electron chi connectivity index (χ4n) is 3.52. The molecular weight excluding hydrogens is 552 g/mol. The summed E-state index contributed by atoms with van der Waals surface area (Å²) in [5.41, 5.74) is 3.86. The molecule has 0 radical (unpaired) electrons. The SMILES string of the molecule is O=C(CN(c1ccccc1)S(=O)(=O)c1ccccc1)N/N=C\c1ccc(OCC(=O)Nc2ccccc2Cl)cc1. The van der Waals surface area contributed by atoms with Gasteiger partial charge in [-0.05, 0) is 66.2 Å². The van der Waals surface area contributed by atoms with E-state index >= 15 is 0 Å². The fourth-order valence-corrected chi connectivity index (χ4v) is 5.15. The van der Waals surface area contributed by atoms with Crippen molar-refractivity contribution in [2.45, 2.75) is 4.90 Å². The second-order valence-electron chi connectivity index (χ2n) is 8.34. The summed E-state index contributed by atoms with van der Waals surface area (Å²) in [6, 6.07) is 29.8. The first-order valence-corrected chi connectivity index (χ1v) is 13.9. The van der Waals surface area contributed by atoms with E-state index in [0.717, 1.165) is 4.31 Å². The summed E-state index contributed by atoms with van der Waals surface area (Å²) in [5, 5.41) is 7.04. The maximum Gasteiger partial charge on any atom is 0.264 e. The maximum atomic E-state index is 13.3. The lowest BCUT2D eigenvalue weighted by Crippen LogP contribution is -2.39. The summed E-state index contributed by atoms with van der Waals surface area (Å²) in [6.45, 7) is -0.680. The number of carbonyl (C=O) groups excluding carboxylic acids is 2. The van der Waals surface area contributed by atoms with Gasteiger partial charge in [0, 0.05) is 0 Å². The first-order valence-electron chi connectivity index (χ1n) is 12.0. The van der Waals surface area contributed by atoms with E-state index in [1.54, 1.807) is 97.1 Å². The van der Waals surface area contributed by atoms with Gasteiger partial charge in [-0.15, -0.1) is 0 Å². The number of nitrogens with zero attached hydrogens (tertiary/aromatic N) is 2. The van der Waals surface area contributed by atoms with E-state index in [1.807, 2.05) is 0 Å². The summed E-state index contributed by atoms with van der Waals surface area (Å²) >= 11 is 6.04. The molecule has 11 heteroatoms. The number of hydrogen-bond acceptors (Lipinski definition) is 6. The van der Waals surface area contributed by atoms with Gasteiger partial charge in [-0.25, -0.2) is 13.8 Å². The second-order valence-corrected chi connectivity index (χ2v) is 10.6. The van der Waals surface area contributed by atoms with Crippen LogP contribution in [0.1, 0.15) is 5.56 Å². The number of carbonyl (C=O) groups is 2. The number of para-hydroxylation sites is 2. The van der Waals surface area contributed by atoms with Crippen molar-refractivity contribution >= 4 is 51.0 Å². The Morgan fingerprint density at radius 1 is 0.825 bits per heavy atom. The van der Waals surface area contributed by atoms with E-state index in [2.05, 4.69) is 15.8 Å². The van der Waals surface area contributed by atoms with Crippen molar-refractivity contribution in [1.82, 2.24) is 5.43 Å². The molecule has 0 aliphatic carbocycles. The molecule has 0 saturated heterocycles. The number of hydrogen-bond donors (Lipinski definition) is 2. The van der Waals surface area contributed by atoms with E-state index in [9.17, 15) is 18.0 Å². The quantitative estimate of drug-likeness (QED) is 0.198. The molecule has 0 fully saturated rings. The lowest BCUT2D eigenvalue weighted by molar-refractivity contribution is -0.119. The third-order valence-corrected chi connectivity index (χ3v) is 7.58. The van der Waals surface area contributed by atoms with E-state index in [0.29, 0.717) is 27.7 Å². The van der Waals surface area contributed by atoms with E-state index in [-0.39, 0.29) is 17.4 Å². The third kappa shape index (κ3) is 7.68. The van der Waals surface area contributed by atoms with Crippen LogP contribution in [-0.4, -0.2) is 39.6 Å². The van der Waals surface area contributed by atoms with Crippen molar-refractivity contribution < 1.29 is 22.7 Å². The molecule has 0 bridgehead atoms. The zero-order chi connectivity index (χ0) is 28.4. The second kappa shape index (κ2) is 13.4. The lowest BCUT2D eigenvalue weighted by atomic mass is 10.2. The monoisotopic (exact) mass is 576 g/mol. The number of rotatable bonds is 11. The molecular formula is C29H25ClN4O5S. The van der Waals surface area contributed by atoms with Gasteiger partial charge in [-0.3, -0.25) is 13.9 Å². The molecule has 204 valence electrons. The standard InChI is InChI=1S/C29H25ClN4O5S/c30-26-13-7-8-14-27(26)32-29(36)21-39-24-17-15-22(16-18-24)19-31-33-28(35)20-34(23-9-3-1-4-10-23)40(37,38)25-11-5-2-6-12-25/h1-19H,20-21H2,(H,32,36)(H,33,35)/b31-19-. The number of nitrogens with one attached hydrogen (secondary N) is 2. The highest BCUT2D eigenvalue weighted by molar-refractivity contribution is 7.92. The molecule has 2 amide bonds. The van der Waals surface area contributed by atoms with Crippen molar-refractivity contribution in [1.29, 1.82) is 0 Å². The first-order chi connectivity index (χ1) is 19.3. The predicted octanol–water partition coefficient (Wildman–Crippen LogP) is 4.70. The van der Waals surface area contributed by atoms with Crippen molar-refractivity contribution in [3.63, 3.8) is 0 Å². The van der Waals surface area contributed by atoms with Crippen LogP contribution < -0.4 is 19.8 Å². The van der Waals surface area contributed by atoms with Crippen molar-refractivity contribution in [2.75, 3.05) is 22.8 Å². The lowest BCUT2D eigenvalue weighted by Gasteiger charge is -2.23. The number of benzene rings is 4. The summed E-state index contributed by atoms with van der Waals surface area (Å²) in [4.78, 5) is 24.8. The Balaban J connectivity index is 1.32. The van der Waals surface area contributed by atoms with E-state index in [4.69, 9.17) is 16.3 Å². The highest BCUT2D eigenvalue weighted by Crippen LogP contribution is 2.23. The van der Waals surface area contributed by atoms with Crippen LogP contribution in [0.5, 0.6) is 5.75 Å². The average molecular weight is 577 g/mol. The Kier molecular flexibility index (Phi) is 9.50. The van der Waals surface area contributed by atoms with Crippen LogP contribution in [0.15, 0.2) is 119 Å². The molecule has 40 heavy (non-hydrogen) atoms. The number of sulfonamides is 1. The Morgan fingerprint density at radius 3 is 2.12 bits per heavy atom. The summed E-state index contributed by atoms with van der Waals surface area (Å²) in [6.07, 6.45) is 1.41. The van der Waals surface area contributed by atoms with Gasteiger partial charge in [0.25, 0.3) is 21.8 Å². The number of anilines is 2. The normalized spacial score (nSPS) is 11.1. The Hall–Kier alpha value is -4.67. The highest BCUT2D eigenvalue weighted by Gasteiger charge is 2.26. The van der Waals surface area contributed by atoms with Gasteiger partial charge in [-0.1, -0.05) is 60.1 Å². The van der Waals surface area contributed by atoms with Crippen LogP contribution in [0, 0.1) is 0 Å². The van der Waals surface area contributed by atoms with Crippen LogP contribution in [0.2, 0.25) is 5.02 Å². The van der Waals surface area contributed by atoms with Gasteiger partial charge < -0.3 is 10.1 Å². The minimum absolute atomic E-state index is 0.0683. The van der Waals surface area contributed by atoms with Crippen molar-refractivity contribution in [3.05, 3.63) is 120 Å². The molecule has 0 spiro atoms. The number of amides is 2. The van der Waals surface area contributed by atoms with Crippen LogP contribution >= 0.6 is 11.6 Å². The van der Waals surface area contributed by atoms with Crippen LogP contribution in [-0.2, 0) is 19.6 Å². The van der Waals surface area contributed by atoms with Crippen LogP contribution in [0.25, 0.3) is 0 Å². The maximum absolute atomic E-state index is 13.3. The summed E-state index contributed by atoms with van der Waals surface area (Å²) in [7, 11) is -3.99. The molecule has 4 rings (SSSR count). The van der Waals surface area contributed by atoms with Gasteiger partial charge in [-0.2, -0.15) is 5.10 Å². The zero-order valence-electron chi connectivity index (χ0n) is 21.1. The molecule has 0 aliphatic heterocycles. The van der Waals surface area contributed by atoms with E-state index in [1.165, 1.54) is 18.3 Å². The van der Waals surface area contributed by atoms with Gasteiger partial charge in [0.2, 0.25) is 0 Å². The van der Waals surface area contributed by atoms with Gasteiger partial charge in [0.15, 0.2) is 6.61 Å². The Morgan fingerprint density at radius 2 is 1.45 bits per heavy atom. The fraction of sp³-hybridized carbons (Fsp3) is 0.0690. The molecule has 2 N–H and O–H groups in total. The molecule has 0 saturated carbocycles. The minimum atomic E-state index is -3.99. The molecule has 0 aromatic heterocycles. The highest BCUT2D eigenvalue weighted by atomic mass is 35.5. The Bertz CT molecular complexity index is 1580. The first kappa shape index (κ1) is 28.3.